The van der Waals surface area contributed by atoms with Gasteiger partial charge in [0.05, 0.1) is 29.4 Å². The molecule has 0 bridgehead atoms. The van der Waals surface area contributed by atoms with Crippen LogP contribution in [0.3, 0.4) is 0 Å². The fourth-order valence-corrected chi connectivity index (χ4v) is 4.93. The lowest BCUT2D eigenvalue weighted by atomic mass is 9.86. The summed E-state index contributed by atoms with van der Waals surface area (Å²) in [6, 6.07) is 13.5. The second-order valence-electron chi connectivity index (χ2n) is 8.55. The molecular formula is C25H23N3O3. The molecule has 156 valence electrons. The van der Waals surface area contributed by atoms with E-state index in [1.807, 2.05) is 36.4 Å². The Bertz CT molecular complexity index is 1290. The summed E-state index contributed by atoms with van der Waals surface area (Å²) in [4.78, 5) is 15.9. The first-order chi connectivity index (χ1) is 15.2. The van der Waals surface area contributed by atoms with Gasteiger partial charge in [-0.25, -0.2) is 0 Å². The van der Waals surface area contributed by atoms with Crippen molar-refractivity contribution in [3.63, 3.8) is 0 Å². The van der Waals surface area contributed by atoms with Crippen molar-refractivity contribution in [3.05, 3.63) is 65.6 Å². The molecule has 0 radical (unpaired) electrons. The third-order valence-corrected chi connectivity index (χ3v) is 6.41. The van der Waals surface area contributed by atoms with Gasteiger partial charge in [0.1, 0.15) is 11.3 Å². The van der Waals surface area contributed by atoms with Crippen LogP contribution in [0, 0.1) is 5.92 Å². The topological polar surface area (TPSA) is 71.5 Å². The summed E-state index contributed by atoms with van der Waals surface area (Å²) in [7, 11) is 0. The number of hydrogen-bond donors (Lipinski definition) is 1. The van der Waals surface area contributed by atoms with Gasteiger partial charge in [-0.05, 0) is 37.0 Å². The van der Waals surface area contributed by atoms with E-state index in [1.54, 1.807) is 6.26 Å². The largest absolute Gasteiger partial charge is 0.467 e. The first-order valence-corrected chi connectivity index (χ1v) is 10.8. The minimum absolute atomic E-state index is 0.00296. The molecule has 6 nitrogen and oxygen atoms in total. The van der Waals surface area contributed by atoms with Crippen LogP contribution in [0.2, 0.25) is 0 Å². The van der Waals surface area contributed by atoms with E-state index in [0.29, 0.717) is 29.3 Å². The number of fused-ring (bicyclic) bond motifs is 2. The molecule has 1 aliphatic heterocycles. The molecule has 31 heavy (non-hydrogen) atoms. The Morgan fingerprint density at radius 3 is 2.87 bits per heavy atom. The van der Waals surface area contributed by atoms with Crippen LogP contribution in [0.15, 0.2) is 57.7 Å². The number of ketones is 1. The number of carbonyl (C=O) groups excluding carboxylic acids is 1. The lowest BCUT2D eigenvalue weighted by Gasteiger charge is -2.33. The van der Waals surface area contributed by atoms with Gasteiger partial charge < -0.3 is 19.2 Å². The van der Waals surface area contributed by atoms with E-state index in [2.05, 4.69) is 28.4 Å². The van der Waals surface area contributed by atoms with Gasteiger partial charge in [-0.3, -0.25) is 4.79 Å². The first kappa shape index (κ1) is 18.2. The summed E-state index contributed by atoms with van der Waals surface area (Å²) in [5.41, 5.74) is 4.67. The molecule has 1 fully saturated rings. The maximum absolute atomic E-state index is 13.6. The molecular weight excluding hydrogens is 390 g/mol. The highest BCUT2D eigenvalue weighted by atomic mass is 16.5. The Morgan fingerprint density at radius 1 is 1.19 bits per heavy atom. The smallest absolute Gasteiger partial charge is 0.196 e. The number of hydrogen-bond acceptors (Lipinski definition) is 6. The van der Waals surface area contributed by atoms with Gasteiger partial charge >= 0.3 is 0 Å². The van der Waals surface area contributed by atoms with Crippen molar-refractivity contribution in [2.24, 2.45) is 5.92 Å². The molecule has 0 unspecified atom stereocenters. The third kappa shape index (κ3) is 2.86. The van der Waals surface area contributed by atoms with Crippen molar-refractivity contribution in [2.45, 2.75) is 26.3 Å². The Balaban J connectivity index is 1.56. The molecule has 4 aromatic rings. The number of anilines is 2. The van der Waals surface area contributed by atoms with Crippen LogP contribution >= 0.6 is 0 Å². The van der Waals surface area contributed by atoms with E-state index in [1.165, 1.54) is 6.42 Å². The van der Waals surface area contributed by atoms with Crippen LogP contribution in [-0.2, 0) is 6.54 Å². The SMILES string of the molecule is C[C@H]1CCCN(c2cc(NCc3ccco3)c3c4c(onc24)-c2ccccc2C3=O)C1. The number of nitrogens with zero attached hydrogens (tertiary/aromatic N) is 2. The highest BCUT2D eigenvalue weighted by Gasteiger charge is 2.34. The fourth-order valence-electron chi connectivity index (χ4n) is 4.93. The number of aromatic nitrogens is 1. The number of nitrogens with one attached hydrogen (secondary N) is 1. The van der Waals surface area contributed by atoms with Crippen LogP contribution in [0.4, 0.5) is 11.4 Å². The van der Waals surface area contributed by atoms with Crippen LogP contribution in [0.25, 0.3) is 22.2 Å². The molecule has 2 aliphatic rings. The van der Waals surface area contributed by atoms with Crippen molar-refractivity contribution in [1.82, 2.24) is 5.16 Å². The molecule has 2 aromatic heterocycles. The van der Waals surface area contributed by atoms with Gasteiger partial charge in [-0.2, -0.15) is 0 Å². The molecule has 0 saturated carbocycles. The van der Waals surface area contributed by atoms with Crippen LogP contribution < -0.4 is 10.2 Å². The summed E-state index contributed by atoms with van der Waals surface area (Å²) < 4.78 is 11.4. The second-order valence-corrected chi connectivity index (χ2v) is 8.55. The Kier molecular flexibility index (Phi) is 4.13. The summed E-state index contributed by atoms with van der Waals surface area (Å²) >= 11 is 0. The van der Waals surface area contributed by atoms with E-state index >= 15 is 0 Å². The molecule has 0 amide bonds. The molecule has 1 aliphatic carbocycles. The Labute approximate surface area is 179 Å². The van der Waals surface area contributed by atoms with Crippen molar-refractivity contribution in [2.75, 3.05) is 23.3 Å². The maximum atomic E-state index is 13.6. The number of furan rings is 1. The summed E-state index contributed by atoms with van der Waals surface area (Å²) in [5, 5.41) is 8.72. The Hall–Kier alpha value is -3.54. The van der Waals surface area contributed by atoms with E-state index in [4.69, 9.17) is 8.94 Å². The highest BCUT2D eigenvalue weighted by Crippen LogP contribution is 2.46. The zero-order valence-electron chi connectivity index (χ0n) is 17.4. The highest BCUT2D eigenvalue weighted by molar-refractivity contribution is 6.28. The Morgan fingerprint density at radius 2 is 2.06 bits per heavy atom. The van der Waals surface area contributed by atoms with Gasteiger partial charge in [0.15, 0.2) is 11.5 Å². The van der Waals surface area contributed by atoms with Gasteiger partial charge in [0.2, 0.25) is 0 Å². The van der Waals surface area contributed by atoms with Gasteiger partial charge in [-0.1, -0.05) is 36.3 Å². The summed E-state index contributed by atoms with van der Waals surface area (Å²) in [6.07, 6.45) is 4.04. The van der Waals surface area contributed by atoms with E-state index in [9.17, 15) is 4.79 Å². The van der Waals surface area contributed by atoms with Crippen molar-refractivity contribution in [3.8, 4) is 11.3 Å². The van der Waals surface area contributed by atoms with E-state index < -0.39 is 0 Å². The van der Waals surface area contributed by atoms with Crippen molar-refractivity contribution >= 4 is 28.1 Å². The van der Waals surface area contributed by atoms with E-state index in [0.717, 1.165) is 53.1 Å². The zero-order chi connectivity index (χ0) is 20.9. The number of carbonyl (C=O) groups is 1. The molecule has 6 heteroatoms. The van der Waals surface area contributed by atoms with Gasteiger partial charge in [-0.15, -0.1) is 0 Å². The van der Waals surface area contributed by atoms with E-state index in [-0.39, 0.29) is 5.78 Å². The van der Waals surface area contributed by atoms with Gasteiger partial charge in [0.25, 0.3) is 0 Å². The molecule has 1 N–H and O–H groups in total. The van der Waals surface area contributed by atoms with Gasteiger partial charge in [0, 0.05) is 29.9 Å². The molecule has 1 atom stereocenters. The summed E-state index contributed by atoms with van der Waals surface area (Å²) in [6.45, 7) is 4.73. The van der Waals surface area contributed by atoms with Crippen LogP contribution in [-0.4, -0.2) is 24.0 Å². The normalized spacial score (nSPS) is 17.8. The molecule has 0 spiro atoms. The molecule has 3 heterocycles. The monoisotopic (exact) mass is 413 g/mol. The van der Waals surface area contributed by atoms with Crippen LogP contribution in [0.5, 0.6) is 0 Å². The molecule has 6 rings (SSSR count). The third-order valence-electron chi connectivity index (χ3n) is 6.41. The predicted molar refractivity (Wildman–Crippen MR) is 120 cm³/mol. The molecule has 1 saturated heterocycles. The minimum Gasteiger partial charge on any atom is -0.467 e. The predicted octanol–water partition coefficient (Wildman–Crippen LogP) is 5.48. The zero-order valence-corrected chi connectivity index (χ0v) is 17.4. The van der Waals surface area contributed by atoms with Crippen molar-refractivity contribution < 1.29 is 13.7 Å². The lowest BCUT2D eigenvalue weighted by Crippen LogP contribution is -2.34. The van der Waals surface area contributed by atoms with Crippen LogP contribution in [0.1, 0.15) is 41.4 Å². The standard InChI is InChI=1S/C25H23N3O3/c1-15-6-4-10-28(14-15)20-12-19(26-13-16-7-5-11-30-16)21-22-23(20)27-31-25(22)18-9-3-2-8-17(18)24(21)29/h2-3,5,7-9,11-12,15,26H,4,6,10,13-14H2,1H3/t15-/m0/s1. The fraction of sp³-hybridized carbons (Fsp3) is 0.280. The number of rotatable bonds is 4. The number of piperidine rings is 1. The first-order valence-electron chi connectivity index (χ1n) is 10.8. The summed E-state index contributed by atoms with van der Waals surface area (Å²) in [5.74, 6) is 2.10. The second kappa shape index (κ2) is 7.01. The molecule has 2 aromatic carbocycles. The lowest BCUT2D eigenvalue weighted by molar-refractivity contribution is 0.104. The maximum Gasteiger partial charge on any atom is 0.196 e. The average Bonchev–Trinajstić information content (AvgIpc) is 3.46. The quantitative estimate of drug-likeness (QED) is 0.421. The van der Waals surface area contributed by atoms with Crippen molar-refractivity contribution in [1.29, 1.82) is 0 Å². The number of benzene rings is 2. The minimum atomic E-state index is -0.00296. The average molecular weight is 413 g/mol.